The number of benzene rings is 1. The summed E-state index contributed by atoms with van der Waals surface area (Å²) in [5, 5.41) is 12.0. The third-order valence-corrected chi connectivity index (χ3v) is 1.91. The standard InChI is InChI=1S/C11H14N2/c1-3-13-11(8-12)10-6-4-5-9(2)7-10/h4-7,11,13H,3H2,1-2H3. The lowest BCUT2D eigenvalue weighted by Crippen LogP contribution is -2.19. The van der Waals surface area contributed by atoms with E-state index in [2.05, 4.69) is 11.4 Å². The maximum atomic E-state index is 8.89. The fourth-order valence-electron chi connectivity index (χ4n) is 1.29. The third-order valence-electron chi connectivity index (χ3n) is 1.91. The van der Waals surface area contributed by atoms with Gasteiger partial charge >= 0.3 is 0 Å². The van der Waals surface area contributed by atoms with Gasteiger partial charge in [-0.05, 0) is 19.0 Å². The quantitative estimate of drug-likeness (QED) is 0.762. The number of nitrogens with one attached hydrogen (secondary N) is 1. The first-order valence-corrected chi connectivity index (χ1v) is 4.47. The largest absolute Gasteiger partial charge is 0.298 e. The summed E-state index contributed by atoms with van der Waals surface area (Å²) in [5.74, 6) is 0. The Morgan fingerprint density at radius 3 is 2.85 bits per heavy atom. The SMILES string of the molecule is CCNC(C#N)c1cccc(C)c1. The summed E-state index contributed by atoms with van der Waals surface area (Å²) in [4.78, 5) is 0. The number of nitriles is 1. The van der Waals surface area contributed by atoms with Gasteiger partial charge in [-0.1, -0.05) is 36.8 Å². The fourth-order valence-corrected chi connectivity index (χ4v) is 1.29. The Kier molecular flexibility index (Phi) is 3.48. The molecule has 0 aromatic heterocycles. The highest BCUT2D eigenvalue weighted by Gasteiger charge is 2.07. The molecule has 0 radical (unpaired) electrons. The predicted molar refractivity (Wildman–Crippen MR) is 53.2 cm³/mol. The first kappa shape index (κ1) is 9.76. The molecule has 1 unspecified atom stereocenters. The van der Waals surface area contributed by atoms with Crippen molar-refractivity contribution in [3.8, 4) is 6.07 Å². The predicted octanol–water partition coefficient (Wildman–Crippen LogP) is 2.17. The van der Waals surface area contributed by atoms with E-state index < -0.39 is 0 Å². The van der Waals surface area contributed by atoms with Crippen LogP contribution in [0.5, 0.6) is 0 Å². The van der Waals surface area contributed by atoms with Crippen LogP contribution in [-0.2, 0) is 0 Å². The second-order valence-electron chi connectivity index (χ2n) is 3.03. The molecule has 2 heteroatoms. The zero-order valence-corrected chi connectivity index (χ0v) is 8.04. The van der Waals surface area contributed by atoms with E-state index in [-0.39, 0.29) is 6.04 Å². The zero-order valence-electron chi connectivity index (χ0n) is 8.04. The molecule has 68 valence electrons. The molecule has 2 nitrogen and oxygen atoms in total. The lowest BCUT2D eigenvalue weighted by atomic mass is 10.1. The molecule has 0 heterocycles. The van der Waals surface area contributed by atoms with Crippen molar-refractivity contribution in [2.24, 2.45) is 0 Å². The Labute approximate surface area is 79.2 Å². The molecule has 1 aromatic rings. The molecule has 13 heavy (non-hydrogen) atoms. The van der Waals surface area contributed by atoms with Gasteiger partial charge in [0.25, 0.3) is 0 Å². The number of hydrogen-bond donors (Lipinski definition) is 1. The molecule has 1 rings (SSSR count). The second-order valence-corrected chi connectivity index (χ2v) is 3.03. The van der Waals surface area contributed by atoms with E-state index in [0.29, 0.717) is 0 Å². The van der Waals surface area contributed by atoms with Crippen LogP contribution in [0.15, 0.2) is 24.3 Å². The molecule has 0 fully saturated rings. The third kappa shape index (κ3) is 2.57. The van der Waals surface area contributed by atoms with E-state index in [1.807, 2.05) is 38.1 Å². The van der Waals surface area contributed by atoms with Crippen LogP contribution in [-0.4, -0.2) is 6.54 Å². The van der Waals surface area contributed by atoms with Crippen LogP contribution >= 0.6 is 0 Å². The van der Waals surface area contributed by atoms with Crippen molar-refractivity contribution in [3.05, 3.63) is 35.4 Å². The van der Waals surface area contributed by atoms with E-state index in [1.54, 1.807) is 0 Å². The summed E-state index contributed by atoms with van der Waals surface area (Å²) in [6, 6.07) is 10.1. The molecular formula is C11H14N2. The number of aryl methyl sites for hydroxylation is 1. The van der Waals surface area contributed by atoms with Gasteiger partial charge in [0, 0.05) is 0 Å². The van der Waals surface area contributed by atoms with Gasteiger partial charge in [0.2, 0.25) is 0 Å². The van der Waals surface area contributed by atoms with Crippen LogP contribution in [0, 0.1) is 18.3 Å². The lowest BCUT2D eigenvalue weighted by molar-refractivity contribution is 0.658. The highest BCUT2D eigenvalue weighted by molar-refractivity contribution is 5.28. The Bertz CT molecular complexity index is 312. The highest BCUT2D eigenvalue weighted by Crippen LogP contribution is 2.12. The van der Waals surface area contributed by atoms with Crippen molar-refractivity contribution in [2.45, 2.75) is 19.9 Å². The molecule has 0 saturated heterocycles. The van der Waals surface area contributed by atoms with Crippen LogP contribution < -0.4 is 5.32 Å². The first-order chi connectivity index (χ1) is 6.27. The topological polar surface area (TPSA) is 35.8 Å². The fraction of sp³-hybridized carbons (Fsp3) is 0.364. The molecule has 0 amide bonds. The highest BCUT2D eigenvalue weighted by atomic mass is 14.9. The molecule has 1 atom stereocenters. The summed E-state index contributed by atoms with van der Waals surface area (Å²) in [5.41, 5.74) is 2.24. The van der Waals surface area contributed by atoms with Crippen molar-refractivity contribution in [1.82, 2.24) is 5.32 Å². The van der Waals surface area contributed by atoms with Gasteiger partial charge in [-0.25, -0.2) is 0 Å². The van der Waals surface area contributed by atoms with Crippen LogP contribution in [0.25, 0.3) is 0 Å². The normalized spacial score (nSPS) is 12.1. The van der Waals surface area contributed by atoms with Crippen LogP contribution in [0.2, 0.25) is 0 Å². The van der Waals surface area contributed by atoms with E-state index >= 15 is 0 Å². The monoisotopic (exact) mass is 174 g/mol. The van der Waals surface area contributed by atoms with Crippen molar-refractivity contribution >= 4 is 0 Å². The molecule has 0 aliphatic carbocycles. The molecular weight excluding hydrogens is 160 g/mol. The summed E-state index contributed by atoms with van der Waals surface area (Å²) < 4.78 is 0. The van der Waals surface area contributed by atoms with Gasteiger partial charge in [-0.2, -0.15) is 5.26 Å². The zero-order chi connectivity index (χ0) is 9.68. The molecule has 0 aliphatic heterocycles. The van der Waals surface area contributed by atoms with E-state index in [9.17, 15) is 0 Å². The molecule has 0 bridgehead atoms. The summed E-state index contributed by atoms with van der Waals surface area (Å²) >= 11 is 0. The molecule has 0 aliphatic rings. The Balaban J connectivity index is 2.86. The van der Waals surface area contributed by atoms with Crippen molar-refractivity contribution in [2.75, 3.05) is 6.54 Å². The van der Waals surface area contributed by atoms with E-state index in [4.69, 9.17) is 5.26 Å². The van der Waals surface area contributed by atoms with Gasteiger partial charge in [0.15, 0.2) is 0 Å². The number of nitrogens with zero attached hydrogens (tertiary/aromatic N) is 1. The number of rotatable bonds is 3. The van der Waals surface area contributed by atoms with Crippen molar-refractivity contribution < 1.29 is 0 Å². The van der Waals surface area contributed by atoms with Gasteiger partial charge in [0.05, 0.1) is 6.07 Å². The Hall–Kier alpha value is -1.33. The minimum absolute atomic E-state index is 0.176. The molecule has 1 aromatic carbocycles. The van der Waals surface area contributed by atoms with Gasteiger partial charge < -0.3 is 0 Å². The van der Waals surface area contributed by atoms with Crippen molar-refractivity contribution in [3.63, 3.8) is 0 Å². The maximum absolute atomic E-state index is 8.89. The smallest absolute Gasteiger partial charge is 0.121 e. The second kappa shape index (κ2) is 4.64. The Morgan fingerprint density at radius 2 is 2.31 bits per heavy atom. The maximum Gasteiger partial charge on any atom is 0.121 e. The summed E-state index contributed by atoms with van der Waals surface area (Å²) in [7, 11) is 0. The first-order valence-electron chi connectivity index (χ1n) is 4.47. The summed E-state index contributed by atoms with van der Waals surface area (Å²) in [6.45, 7) is 4.84. The van der Waals surface area contributed by atoms with Crippen LogP contribution in [0.4, 0.5) is 0 Å². The van der Waals surface area contributed by atoms with Gasteiger partial charge in [0.1, 0.15) is 6.04 Å². The molecule has 0 saturated carbocycles. The lowest BCUT2D eigenvalue weighted by Gasteiger charge is -2.10. The van der Waals surface area contributed by atoms with Crippen molar-refractivity contribution in [1.29, 1.82) is 5.26 Å². The van der Waals surface area contributed by atoms with E-state index in [0.717, 1.165) is 12.1 Å². The minimum atomic E-state index is -0.176. The van der Waals surface area contributed by atoms with Crippen LogP contribution in [0.1, 0.15) is 24.1 Å². The average molecular weight is 174 g/mol. The van der Waals surface area contributed by atoms with Crippen LogP contribution in [0.3, 0.4) is 0 Å². The number of hydrogen-bond acceptors (Lipinski definition) is 2. The van der Waals surface area contributed by atoms with Gasteiger partial charge in [-0.3, -0.25) is 5.32 Å². The molecule has 0 spiro atoms. The molecule has 1 N–H and O–H groups in total. The summed E-state index contributed by atoms with van der Waals surface area (Å²) in [6.07, 6.45) is 0. The van der Waals surface area contributed by atoms with Gasteiger partial charge in [-0.15, -0.1) is 0 Å². The average Bonchev–Trinajstić information content (AvgIpc) is 2.14. The Morgan fingerprint density at radius 1 is 1.54 bits per heavy atom. The van der Waals surface area contributed by atoms with E-state index in [1.165, 1.54) is 5.56 Å². The minimum Gasteiger partial charge on any atom is -0.298 e.